The topological polar surface area (TPSA) is 28.9 Å². The van der Waals surface area contributed by atoms with Crippen molar-refractivity contribution in [3.8, 4) is 76.6 Å². The summed E-state index contributed by atoms with van der Waals surface area (Å²) in [6.07, 6.45) is 5.17. The van der Waals surface area contributed by atoms with Gasteiger partial charge in [0.2, 0.25) is 0 Å². The third-order valence-corrected chi connectivity index (χ3v) is 17.3. The van der Waals surface area contributed by atoms with Crippen LogP contribution in [0.5, 0.6) is 5.75 Å². The molecule has 5 nitrogen and oxygen atoms in total. The third kappa shape index (κ3) is 12.2. The van der Waals surface area contributed by atoms with Crippen molar-refractivity contribution in [2.75, 3.05) is 6.61 Å². The van der Waals surface area contributed by atoms with Crippen LogP contribution >= 0.6 is 0 Å². The molecule has 0 saturated carbocycles. The van der Waals surface area contributed by atoms with Crippen molar-refractivity contribution >= 4 is 98.0 Å². The van der Waals surface area contributed by atoms with E-state index in [1.807, 2.05) is 67.5 Å². The van der Waals surface area contributed by atoms with Crippen molar-refractivity contribution in [2.24, 2.45) is 0 Å². The molecule has 0 N–H and O–H groups in total. The number of para-hydroxylation sites is 4. The fraction of sp³-hybridized carbons (Fsp3) is 0.218. The minimum absolute atomic E-state index is 0.160. The summed E-state index contributed by atoms with van der Waals surface area (Å²) in [6.45, 7) is 27.6. The average Bonchev–Trinajstić information content (AvgIpc) is 1.57. The zero-order valence-electron chi connectivity index (χ0n) is 55.5. The Morgan fingerprint density at radius 1 is 0.380 bits per heavy atom. The zero-order valence-corrected chi connectivity index (χ0v) is 55.5. The van der Waals surface area contributed by atoms with Gasteiger partial charge in [0, 0.05) is 48.5 Å². The van der Waals surface area contributed by atoms with Crippen LogP contribution in [-0.4, -0.2) is 24.9 Å². The maximum Gasteiger partial charge on any atom is 0.148 e. The van der Waals surface area contributed by atoms with Gasteiger partial charge in [-0.05, 0) is 109 Å². The van der Waals surface area contributed by atoms with E-state index in [2.05, 4.69) is 293 Å². The first-order chi connectivity index (χ1) is 45.1. The van der Waals surface area contributed by atoms with Crippen LogP contribution in [0.2, 0.25) is 0 Å². The van der Waals surface area contributed by atoms with E-state index in [-0.39, 0.29) is 5.41 Å². The van der Waals surface area contributed by atoms with Gasteiger partial charge in [0.25, 0.3) is 0 Å². The maximum absolute atomic E-state index is 5.40. The van der Waals surface area contributed by atoms with Gasteiger partial charge < -0.3 is 23.0 Å². The van der Waals surface area contributed by atoms with Crippen molar-refractivity contribution < 1.29 is 4.74 Å². The molecule has 1 aliphatic carbocycles. The summed E-state index contributed by atoms with van der Waals surface area (Å²) >= 11 is 0. The highest BCUT2D eigenvalue weighted by atomic mass is 16.5. The average molecular weight is 1200 g/mol. The van der Waals surface area contributed by atoms with Crippen LogP contribution in [-0.2, 0) is 31.6 Å². The van der Waals surface area contributed by atoms with Gasteiger partial charge in [0.15, 0.2) is 0 Å². The van der Waals surface area contributed by atoms with E-state index in [1.165, 1.54) is 126 Å². The van der Waals surface area contributed by atoms with Crippen LogP contribution in [0.15, 0.2) is 206 Å². The summed E-state index contributed by atoms with van der Waals surface area (Å²) in [5.74, 6) is 29.2. The van der Waals surface area contributed by atoms with Gasteiger partial charge in [-0.1, -0.05) is 255 Å². The lowest BCUT2D eigenvalue weighted by molar-refractivity contribution is 0.371. The zero-order chi connectivity index (χ0) is 64.9. The molecule has 4 aromatic heterocycles. The van der Waals surface area contributed by atoms with Crippen molar-refractivity contribution in [2.45, 2.75) is 121 Å². The molecule has 4 heterocycles. The van der Waals surface area contributed by atoms with Gasteiger partial charge in [0.1, 0.15) is 12.4 Å². The molecule has 0 radical (unpaired) electrons. The first-order valence-electron chi connectivity index (χ1n) is 32.3. The molecule has 5 heteroatoms. The minimum Gasteiger partial charge on any atom is -0.481 e. The van der Waals surface area contributed by atoms with Gasteiger partial charge in [-0.25, -0.2) is 0 Å². The van der Waals surface area contributed by atoms with Crippen molar-refractivity contribution in [1.82, 2.24) is 18.3 Å². The SMILES string of the molecule is C#CCOc1ccc2cc(C(C)C)ccc2c1.CC.CC.CC#CCn1c2ccccc2c2ccc3c4ccccc4n(CC#CC)c3c21.CC#CCn1c2ccccc2c2ccc3c4ccccc4n(CC#CC)c3c21.CC1(C)c2ccccc2-c2ccccc21. The molecule has 0 fully saturated rings. The van der Waals surface area contributed by atoms with Gasteiger partial charge in [0.05, 0.1) is 70.3 Å². The number of aromatic nitrogens is 4. The number of hydrogen-bond acceptors (Lipinski definition) is 1. The molecule has 15 rings (SSSR count). The fourth-order valence-corrected chi connectivity index (χ4v) is 13.1. The quantitative estimate of drug-likeness (QED) is 0.146. The highest BCUT2D eigenvalue weighted by molar-refractivity contribution is 6.24. The second-order valence-electron chi connectivity index (χ2n) is 23.0. The Morgan fingerprint density at radius 2 is 0.696 bits per heavy atom. The van der Waals surface area contributed by atoms with Crippen LogP contribution < -0.4 is 4.74 Å². The van der Waals surface area contributed by atoms with E-state index < -0.39 is 0 Å². The summed E-state index contributed by atoms with van der Waals surface area (Å²) in [7, 11) is 0. The van der Waals surface area contributed by atoms with Gasteiger partial charge in [-0.15, -0.1) is 30.1 Å². The summed E-state index contributed by atoms with van der Waals surface area (Å²) in [5.41, 5.74) is 17.1. The highest BCUT2D eigenvalue weighted by Crippen LogP contribution is 2.48. The Balaban J connectivity index is 0.000000136. The smallest absolute Gasteiger partial charge is 0.148 e. The predicted octanol–water partition coefficient (Wildman–Crippen LogP) is 21.9. The molecule has 0 amide bonds. The Kier molecular flexibility index (Phi) is 20.4. The molecule has 0 atom stereocenters. The van der Waals surface area contributed by atoms with Crippen molar-refractivity contribution in [3.63, 3.8) is 0 Å². The number of terminal acetylenes is 1. The molecule has 14 aromatic rings. The molecule has 0 unspecified atom stereocenters. The Hall–Kier alpha value is -10.7. The normalized spacial score (nSPS) is 11.3. The van der Waals surface area contributed by atoms with E-state index in [0.717, 1.165) is 5.75 Å². The Labute approximate surface area is 544 Å². The molecule has 10 aromatic carbocycles. The number of ether oxygens (including phenoxy) is 1. The predicted molar refractivity (Wildman–Crippen MR) is 398 cm³/mol. The molecule has 0 aliphatic heterocycles. The van der Waals surface area contributed by atoms with Crippen LogP contribution in [0.4, 0.5) is 0 Å². The maximum atomic E-state index is 5.40. The first kappa shape index (κ1) is 64.3. The van der Waals surface area contributed by atoms with E-state index in [9.17, 15) is 0 Å². The largest absolute Gasteiger partial charge is 0.481 e. The van der Waals surface area contributed by atoms with E-state index in [4.69, 9.17) is 11.2 Å². The molecule has 1 aliphatic rings. The summed E-state index contributed by atoms with van der Waals surface area (Å²) in [4.78, 5) is 0. The summed E-state index contributed by atoms with van der Waals surface area (Å²) in [6, 6.07) is 73.5. The molecule has 92 heavy (non-hydrogen) atoms. The van der Waals surface area contributed by atoms with Crippen LogP contribution in [0, 0.1) is 59.7 Å². The second kappa shape index (κ2) is 29.3. The molecule has 0 saturated heterocycles. The first-order valence-corrected chi connectivity index (χ1v) is 32.3. The summed E-state index contributed by atoms with van der Waals surface area (Å²) < 4.78 is 14.8. The lowest BCUT2D eigenvalue weighted by atomic mass is 9.82. The van der Waals surface area contributed by atoms with Gasteiger partial charge in [-0.3, -0.25) is 0 Å². The highest BCUT2D eigenvalue weighted by Gasteiger charge is 2.34. The fourth-order valence-electron chi connectivity index (χ4n) is 13.1. The molecular formula is C87H82N4O. The van der Waals surface area contributed by atoms with E-state index in [1.54, 1.807) is 0 Å². The molecule has 0 bridgehead atoms. The van der Waals surface area contributed by atoms with Crippen LogP contribution in [0.3, 0.4) is 0 Å². The second-order valence-corrected chi connectivity index (χ2v) is 23.0. The number of benzene rings is 10. The number of fused-ring (bicyclic) bond motifs is 18. The standard InChI is InChI=1S/2C26H20N2.C16H16O.C15H14.2C2H6/c2*1-3-5-17-27-23-13-9-7-11-19(23)21-15-16-22-20-12-8-10-14-24(20)28(18-6-4-2)26(22)25(21)27;1-4-9-17-16-8-7-14-10-13(12(2)3)5-6-15(14)11-16;1-15(2)13-9-5-3-7-11(13)12-8-4-6-10-14(12)15;2*1-2/h2*7-16H,17-18H2,1-2H3;1,5-8,10-12H,9H2,2-3H3;3-10H,1-2H3;2*1-2H3. The third-order valence-electron chi connectivity index (χ3n) is 17.3. The van der Waals surface area contributed by atoms with Crippen molar-refractivity contribution in [3.05, 3.63) is 223 Å². The van der Waals surface area contributed by atoms with Crippen LogP contribution in [0.1, 0.15) is 106 Å². The van der Waals surface area contributed by atoms with Gasteiger partial charge >= 0.3 is 0 Å². The number of hydrogen-bond donors (Lipinski definition) is 0. The monoisotopic (exact) mass is 1200 g/mol. The molecular weight excluding hydrogens is 1120 g/mol. The number of rotatable bonds is 7. The molecule has 0 spiro atoms. The Morgan fingerprint density at radius 3 is 1.03 bits per heavy atom. The minimum atomic E-state index is 0.160. The van der Waals surface area contributed by atoms with Crippen molar-refractivity contribution in [1.29, 1.82) is 0 Å². The summed E-state index contributed by atoms with van der Waals surface area (Å²) in [5, 5.41) is 12.6. The van der Waals surface area contributed by atoms with Gasteiger partial charge in [-0.2, -0.15) is 0 Å². The van der Waals surface area contributed by atoms with E-state index in [0.29, 0.717) is 38.7 Å². The molecule has 456 valence electrons. The lowest BCUT2D eigenvalue weighted by Crippen LogP contribution is -2.14. The van der Waals surface area contributed by atoms with E-state index >= 15 is 0 Å². The van der Waals surface area contributed by atoms with Crippen LogP contribution in [0.25, 0.3) is 109 Å². The lowest BCUT2D eigenvalue weighted by Gasteiger charge is -2.20. The Bertz CT molecular complexity index is 4810. The number of nitrogens with zero attached hydrogens (tertiary/aromatic N) is 4.